The van der Waals surface area contributed by atoms with Gasteiger partial charge in [0.1, 0.15) is 0 Å². The highest BCUT2D eigenvalue weighted by Gasteiger charge is 2.27. The Morgan fingerprint density at radius 2 is 1.69 bits per heavy atom. The minimum atomic E-state index is -3.62. The van der Waals surface area contributed by atoms with Crippen LogP contribution in [0.5, 0.6) is 0 Å². The van der Waals surface area contributed by atoms with Crippen LogP contribution in [0.25, 0.3) is 10.2 Å². The van der Waals surface area contributed by atoms with Crippen LogP contribution in [-0.4, -0.2) is 81.0 Å². The molecule has 0 unspecified atom stereocenters. The molecule has 0 radical (unpaired) electrons. The molecule has 2 aromatic carbocycles. The van der Waals surface area contributed by atoms with Gasteiger partial charge in [-0.25, -0.2) is 13.4 Å². The fourth-order valence-corrected chi connectivity index (χ4v) is 6.71. The number of hydrogen-bond donors (Lipinski definition) is 0. The molecule has 0 atom stereocenters. The average Bonchev–Trinajstić information content (AvgIpc) is 3.34. The molecule has 36 heavy (non-hydrogen) atoms. The van der Waals surface area contributed by atoms with E-state index in [0.29, 0.717) is 43.5 Å². The summed E-state index contributed by atoms with van der Waals surface area (Å²) in [5, 5.41) is 0.654. The number of morpholine rings is 1. The molecule has 3 aromatic rings. The molecule has 1 aromatic heterocycles. The highest BCUT2D eigenvalue weighted by molar-refractivity contribution is 7.89. The first-order valence-corrected chi connectivity index (χ1v) is 14.6. The van der Waals surface area contributed by atoms with Crippen molar-refractivity contribution in [3.05, 3.63) is 53.1 Å². The van der Waals surface area contributed by atoms with Gasteiger partial charge in [0.15, 0.2) is 5.13 Å². The molecule has 1 aliphatic rings. The number of hydrogen-bond acceptors (Lipinski definition) is 7. The SMILES string of the molecule is CCN(CC)CCN(C(=O)c1ccc(S(=O)(=O)N2CCOCC2)cc1)c1nc2c(C)c(C)ccc2s1. The number of amides is 1. The van der Waals surface area contributed by atoms with E-state index in [2.05, 4.69) is 44.7 Å². The normalized spacial score (nSPS) is 15.0. The van der Waals surface area contributed by atoms with Crippen molar-refractivity contribution in [1.82, 2.24) is 14.2 Å². The smallest absolute Gasteiger partial charge is 0.260 e. The number of likely N-dealkylation sites (N-methyl/N-ethyl adjacent to an activating group) is 1. The van der Waals surface area contributed by atoms with E-state index in [1.165, 1.54) is 27.8 Å². The number of anilines is 1. The van der Waals surface area contributed by atoms with Crippen LogP contribution < -0.4 is 4.90 Å². The predicted octanol–water partition coefficient (Wildman–Crippen LogP) is 3.92. The van der Waals surface area contributed by atoms with E-state index < -0.39 is 10.0 Å². The lowest BCUT2D eigenvalue weighted by atomic mass is 10.1. The van der Waals surface area contributed by atoms with Gasteiger partial charge in [0.2, 0.25) is 10.0 Å². The summed E-state index contributed by atoms with van der Waals surface area (Å²) in [5.41, 5.74) is 3.63. The Labute approximate surface area is 217 Å². The summed E-state index contributed by atoms with van der Waals surface area (Å²) in [6, 6.07) is 10.4. The molecular formula is C26H34N4O4S2. The van der Waals surface area contributed by atoms with Gasteiger partial charge in [-0.3, -0.25) is 9.69 Å². The minimum Gasteiger partial charge on any atom is -0.379 e. The summed E-state index contributed by atoms with van der Waals surface area (Å²) in [4.78, 5) is 22.8. The number of carbonyl (C=O) groups is 1. The summed E-state index contributed by atoms with van der Waals surface area (Å²) < 4.78 is 33.7. The Morgan fingerprint density at radius 3 is 2.33 bits per heavy atom. The number of nitrogens with zero attached hydrogens (tertiary/aromatic N) is 4. The van der Waals surface area contributed by atoms with Gasteiger partial charge in [-0.1, -0.05) is 31.3 Å². The first-order valence-electron chi connectivity index (χ1n) is 12.3. The Balaban J connectivity index is 1.64. The van der Waals surface area contributed by atoms with Gasteiger partial charge in [0.05, 0.1) is 28.3 Å². The lowest BCUT2D eigenvalue weighted by Crippen LogP contribution is -2.40. The summed E-state index contributed by atoms with van der Waals surface area (Å²) in [5.74, 6) is -0.189. The van der Waals surface area contributed by atoms with Gasteiger partial charge in [-0.2, -0.15) is 4.31 Å². The van der Waals surface area contributed by atoms with E-state index in [9.17, 15) is 13.2 Å². The third-order valence-electron chi connectivity index (χ3n) is 6.79. The molecule has 0 N–H and O–H groups in total. The zero-order chi connectivity index (χ0) is 25.9. The maximum absolute atomic E-state index is 13.7. The van der Waals surface area contributed by atoms with Crippen molar-refractivity contribution in [2.45, 2.75) is 32.6 Å². The molecule has 1 amide bonds. The number of rotatable bonds is 9. The van der Waals surface area contributed by atoms with Crippen molar-refractivity contribution in [1.29, 1.82) is 0 Å². The molecule has 4 rings (SSSR count). The fourth-order valence-electron chi connectivity index (χ4n) is 4.26. The van der Waals surface area contributed by atoms with Gasteiger partial charge >= 0.3 is 0 Å². The first kappa shape index (κ1) is 26.7. The summed E-state index contributed by atoms with van der Waals surface area (Å²) >= 11 is 1.51. The highest BCUT2D eigenvalue weighted by atomic mass is 32.2. The van der Waals surface area contributed by atoms with Gasteiger partial charge in [-0.15, -0.1) is 0 Å². The van der Waals surface area contributed by atoms with Crippen molar-refractivity contribution >= 4 is 42.6 Å². The Morgan fingerprint density at radius 1 is 1.03 bits per heavy atom. The Kier molecular flexibility index (Phi) is 8.41. The maximum atomic E-state index is 13.7. The third-order valence-corrected chi connectivity index (χ3v) is 9.75. The molecule has 194 valence electrons. The van der Waals surface area contributed by atoms with Crippen LogP contribution in [0, 0.1) is 13.8 Å². The fraction of sp³-hybridized carbons (Fsp3) is 0.462. The van der Waals surface area contributed by atoms with Gasteiger partial charge in [0, 0.05) is 31.7 Å². The molecular weight excluding hydrogens is 496 g/mol. The number of carbonyl (C=O) groups excluding carboxylic acids is 1. The second-order valence-electron chi connectivity index (χ2n) is 8.88. The van der Waals surface area contributed by atoms with Crippen LogP contribution in [-0.2, 0) is 14.8 Å². The van der Waals surface area contributed by atoms with Crippen LogP contribution >= 0.6 is 11.3 Å². The zero-order valence-corrected chi connectivity index (χ0v) is 23.0. The van der Waals surface area contributed by atoms with Crippen molar-refractivity contribution in [2.24, 2.45) is 0 Å². The summed E-state index contributed by atoms with van der Waals surface area (Å²) in [6.45, 7) is 12.8. The van der Waals surface area contributed by atoms with Gasteiger partial charge in [0.25, 0.3) is 5.91 Å². The molecule has 2 heterocycles. The standard InChI is InChI=1S/C26H34N4O4S2/c1-5-28(6-2)13-14-30(26-27-24-20(4)19(3)7-12-23(24)35-26)25(31)21-8-10-22(11-9-21)36(32,33)29-15-17-34-18-16-29/h7-12H,5-6,13-18H2,1-4H3. The molecule has 8 nitrogen and oxygen atoms in total. The highest BCUT2D eigenvalue weighted by Crippen LogP contribution is 2.32. The number of aryl methyl sites for hydroxylation is 2. The van der Waals surface area contributed by atoms with Crippen LogP contribution in [0.3, 0.4) is 0 Å². The second kappa shape index (κ2) is 11.4. The third kappa shape index (κ3) is 5.47. The quantitative estimate of drug-likeness (QED) is 0.417. The number of ether oxygens (including phenoxy) is 1. The minimum absolute atomic E-state index is 0.182. The summed E-state index contributed by atoms with van der Waals surface area (Å²) in [7, 11) is -3.62. The molecule has 1 fully saturated rings. The number of aromatic nitrogens is 1. The van der Waals surface area contributed by atoms with E-state index in [0.717, 1.165) is 41.0 Å². The van der Waals surface area contributed by atoms with E-state index in [1.54, 1.807) is 17.0 Å². The lowest BCUT2D eigenvalue weighted by molar-refractivity contribution is 0.0730. The van der Waals surface area contributed by atoms with Crippen molar-refractivity contribution < 1.29 is 17.9 Å². The first-order chi connectivity index (χ1) is 17.3. The lowest BCUT2D eigenvalue weighted by Gasteiger charge is -2.26. The van der Waals surface area contributed by atoms with Crippen molar-refractivity contribution in [3.8, 4) is 0 Å². The van der Waals surface area contributed by atoms with Crippen molar-refractivity contribution in [2.75, 3.05) is 57.4 Å². The number of benzene rings is 2. The molecule has 0 aliphatic carbocycles. The Bertz CT molecular complexity index is 1310. The van der Waals surface area contributed by atoms with E-state index >= 15 is 0 Å². The monoisotopic (exact) mass is 530 g/mol. The molecule has 0 saturated carbocycles. The van der Waals surface area contributed by atoms with Crippen LogP contribution in [0.2, 0.25) is 0 Å². The van der Waals surface area contributed by atoms with Crippen LogP contribution in [0.4, 0.5) is 5.13 Å². The number of sulfonamides is 1. The van der Waals surface area contributed by atoms with Crippen LogP contribution in [0.1, 0.15) is 35.3 Å². The van der Waals surface area contributed by atoms with Crippen molar-refractivity contribution in [3.63, 3.8) is 0 Å². The van der Waals surface area contributed by atoms with Gasteiger partial charge < -0.3 is 9.64 Å². The average molecular weight is 531 g/mol. The van der Waals surface area contributed by atoms with E-state index in [-0.39, 0.29) is 10.8 Å². The summed E-state index contributed by atoms with van der Waals surface area (Å²) in [6.07, 6.45) is 0. The van der Waals surface area contributed by atoms with E-state index in [1.807, 2.05) is 0 Å². The maximum Gasteiger partial charge on any atom is 0.260 e. The topological polar surface area (TPSA) is 83.1 Å². The molecule has 0 spiro atoms. The zero-order valence-electron chi connectivity index (χ0n) is 21.4. The van der Waals surface area contributed by atoms with Gasteiger partial charge in [-0.05, 0) is 68.4 Å². The molecule has 1 saturated heterocycles. The largest absolute Gasteiger partial charge is 0.379 e. The molecule has 0 bridgehead atoms. The number of fused-ring (bicyclic) bond motifs is 1. The number of thiazole rings is 1. The van der Waals surface area contributed by atoms with E-state index in [4.69, 9.17) is 9.72 Å². The second-order valence-corrected chi connectivity index (χ2v) is 11.8. The Hall–Kier alpha value is -2.37. The van der Waals surface area contributed by atoms with Crippen LogP contribution in [0.15, 0.2) is 41.3 Å². The molecule has 10 heteroatoms. The molecule has 1 aliphatic heterocycles. The predicted molar refractivity (Wildman–Crippen MR) is 145 cm³/mol.